The van der Waals surface area contributed by atoms with Crippen LogP contribution in [-0.2, 0) is 37.6 Å². The van der Waals surface area contributed by atoms with Crippen molar-refractivity contribution < 1.29 is 123 Å². The Bertz CT molecular complexity index is 7690. The average Bonchev–Trinajstić information content (AvgIpc) is 1.61. The van der Waals surface area contributed by atoms with Crippen LogP contribution in [0.3, 0.4) is 0 Å². The van der Waals surface area contributed by atoms with Gasteiger partial charge in [-0.05, 0) is 255 Å². The van der Waals surface area contributed by atoms with Gasteiger partial charge < -0.3 is 55.7 Å². The van der Waals surface area contributed by atoms with Crippen LogP contribution >= 0.6 is 34.8 Å². The Balaban J connectivity index is 0.000000169. The number of pyridine rings is 10. The van der Waals surface area contributed by atoms with E-state index in [1.165, 1.54) is 118 Å². The summed E-state index contributed by atoms with van der Waals surface area (Å²) in [5, 5.41) is 18.8. The van der Waals surface area contributed by atoms with Gasteiger partial charge in [0, 0.05) is 59.4 Å². The predicted octanol–water partition coefficient (Wildman–Crippen LogP) is 20.6. The number of ether oxygens (including phenoxy) is 3. The number of nitrogens with one attached hydrogen (secondary N) is 3. The SMILES string of the molecule is COC(=O)c1cc(Cl)nc(-c2c(C)nc3ccccn23)c1.COC(=O)c1cc(Cl)nc(Cl)c1.COC(=O)c1cc(Nc2ccc(C(F)(F)F)cc2)nc(-c2c(C)nc3ccccn23)c1.Cc1ccc(N)cc1.Cc1nc2ccccn2c1-c1cc(C(=O)O)cc(Nc2ccc(C(F)(F)F)cc2)n1.Cc1nc2ccccn2c1-c1cc(C(=O)ON)cc(Nc2ccc(C(F)(F)F)cc2)n1.Cc1nc2ccccn2c1C.[Na+].[OH-]. The van der Waals surface area contributed by atoms with Crippen LogP contribution in [0.25, 0.3) is 73.8 Å². The first-order valence-corrected chi connectivity index (χ1v) is 44.0. The molecule has 44 heteroatoms. The van der Waals surface area contributed by atoms with Crippen LogP contribution in [0.1, 0.15) is 108 Å². The third-order valence-electron chi connectivity index (χ3n) is 21.2. The molecule has 19 aromatic rings. The smallest absolute Gasteiger partial charge is 0.870 e. The number of esters is 3. The van der Waals surface area contributed by atoms with Crippen LogP contribution in [-0.4, -0.2) is 134 Å². The Labute approximate surface area is 862 Å². The van der Waals surface area contributed by atoms with E-state index < -0.39 is 65.1 Å². The van der Waals surface area contributed by atoms with Crippen LogP contribution in [0, 0.1) is 48.5 Å². The second kappa shape index (κ2) is 48.2. The number of carboxylic acids is 1. The number of aromatic carboxylic acids is 1. The second-order valence-corrected chi connectivity index (χ2v) is 32.4. The molecule has 31 nitrogen and oxygen atoms in total. The van der Waals surface area contributed by atoms with E-state index in [2.05, 4.69) is 86.7 Å². The minimum Gasteiger partial charge on any atom is -0.870 e. The number of nitrogen functional groups attached to an aromatic ring is 1. The van der Waals surface area contributed by atoms with Gasteiger partial charge in [-0.15, -0.1) is 0 Å². The molecule has 0 amide bonds. The Morgan fingerprint density at radius 3 is 0.877 bits per heavy atom. The Morgan fingerprint density at radius 2 is 0.589 bits per heavy atom. The number of aromatic nitrogens is 15. The van der Waals surface area contributed by atoms with Gasteiger partial charge in [0.15, 0.2) is 0 Å². The first kappa shape index (κ1) is 110. The molecule has 0 saturated heterocycles. The Kier molecular flexibility index (Phi) is 36.4. The number of nitrogens with zero attached hydrogens (tertiary/aromatic N) is 15. The fourth-order valence-electron chi connectivity index (χ4n) is 14.4. The van der Waals surface area contributed by atoms with Crippen molar-refractivity contribution in [2.75, 3.05) is 43.0 Å². The Hall–Kier alpha value is -16.2. The zero-order chi connectivity index (χ0) is 104. The number of methoxy groups -OCH3 is 3. The summed E-state index contributed by atoms with van der Waals surface area (Å²) in [7, 11) is 3.88. The van der Waals surface area contributed by atoms with Crippen molar-refractivity contribution in [3.05, 3.63) is 379 Å². The largest absolute Gasteiger partial charge is 1.00 e. The zero-order valence-corrected chi connectivity index (χ0v) is 83.3. The maximum atomic E-state index is 12.8. The van der Waals surface area contributed by atoms with Gasteiger partial charge in [-0.25, -0.2) is 73.8 Å². The van der Waals surface area contributed by atoms with Crippen molar-refractivity contribution in [1.82, 2.24) is 71.8 Å². The zero-order valence-electron chi connectivity index (χ0n) is 79.0. The van der Waals surface area contributed by atoms with Crippen molar-refractivity contribution in [2.45, 2.75) is 67.0 Å². The van der Waals surface area contributed by atoms with E-state index in [9.17, 15) is 68.6 Å². The van der Waals surface area contributed by atoms with Gasteiger partial charge in [0.1, 0.15) is 61.1 Å². The molecule has 0 fully saturated rings. The molecule has 0 aliphatic rings. The van der Waals surface area contributed by atoms with Crippen molar-refractivity contribution in [3.63, 3.8) is 0 Å². The third-order valence-corrected chi connectivity index (χ3v) is 21.8. The molecule has 0 aliphatic heterocycles. The molecule has 0 bridgehead atoms. The molecule has 0 radical (unpaired) electrons. The fourth-order valence-corrected chi connectivity index (χ4v) is 15.1. The van der Waals surface area contributed by atoms with Gasteiger partial charge in [0.25, 0.3) is 0 Å². The summed E-state index contributed by atoms with van der Waals surface area (Å²) in [5.74, 6) is 2.29. The van der Waals surface area contributed by atoms with Gasteiger partial charge in [-0.1, -0.05) is 82.8 Å². The van der Waals surface area contributed by atoms with E-state index in [-0.39, 0.29) is 84.6 Å². The number of carboxylic acid groups (broad SMARTS) is 1. The summed E-state index contributed by atoms with van der Waals surface area (Å²) >= 11 is 17.1. The number of halogens is 12. The summed E-state index contributed by atoms with van der Waals surface area (Å²) in [6.07, 6.45) is -3.93. The molecule has 0 spiro atoms. The van der Waals surface area contributed by atoms with Crippen LogP contribution in [0.15, 0.2) is 280 Å². The maximum absolute atomic E-state index is 12.8. The minimum atomic E-state index is -4.44. The molecule has 0 atom stereocenters. The maximum Gasteiger partial charge on any atom is 1.00 e. The van der Waals surface area contributed by atoms with Gasteiger partial charge in [-0.3, -0.25) is 17.6 Å². The van der Waals surface area contributed by atoms with Crippen LogP contribution in [0.5, 0.6) is 0 Å². The average molecular weight is 2070 g/mol. The fraction of sp³-hybridized carbons (Fsp3) is 0.127. The second-order valence-electron chi connectivity index (χ2n) is 31.3. The van der Waals surface area contributed by atoms with Crippen molar-refractivity contribution >= 4 is 133 Å². The van der Waals surface area contributed by atoms with E-state index in [0.29, 0.717) is 96.4 Å². The van der Waals surface area contributed by atoms with E-state index in [0.717, 1.165) is 76.1 Å². The molecule has 4 aromatic carbocycles. The van der Waals surface area contributed by atoms with Crippen LogP contribution in [0.2, 0.25) is 15.5 Å². The Morgan fingerprint density at radius 1 is 0.329 bits per heavy atom. The van der Waals surface area contributed by atoms with Gasteiger partial charge in [-0.2, -0.15) is 45.4 Å². The monoisotopic (exact) mass is 2060 g/mol. The molecule has 19 rings (SSSR count). The number of imidazole rings is 5. The van der Waals surface area contributed by atoms with E-state index >= 15 is 0 Å². The molecule has 0 unspecified atom stereocenters. The van der Waals surface area contributed by atoms with E-state index in [1.807, 2.05) is 181 Å². The number of anilines is 7. The number of fused-ring (bicyclic) bond motifs is 5. The standard InChI is InChI=1S/C22H17F3N4O2.C21H16F3N5O2.C21H15F3N4O2.C15H12ClN3O2.C9H10N2.C7H5Cl2NO2.C7H9N.Na.H2O/c1-13-20(29-10-4-3-5-19(29)26-13)17-11-14(21(30)31-2)12-18(28-17)27-16-8-6-15(7-9-16)22(23,24)25;1-12-19(29-9-3-2-4-18(29)26-12)16-10-13(20(30)31-25)11-17(28-16)27-15-7-5-14(6-8-15)21(22,23)24;1-12-19(28-9-3-2-4-18(28)25-12)16-10-13(20(29)30)11-17(27-16)26-15-7-5-14(6-8-15)21(22,23)24;1-9-14(19-6-4-3-5-13(19)17-9)11-7-10(15(20)21-2)8-12(16)18-11;1-7-8(2)11-6-4-3-5-9(11)10-7;1-12-7(11)4-2-5(8)10-6(9)3-4;1-6-2-4-7(8)5-3-6;;/h3-12H,1-2H3,(H,27,28);2-11H,25H2,1H3,(H,27,28);2-11H,1H3,(H,26,27)(H,29,30);3-8H,1-2H3;3-6H,1-2H3;2-3H,1H3;2-5H,8H2,1H3;;1H2/q;;;;;;;+1;/p-1. The summed E-state index contributed by atoms with van der Waals surface area (Å²) in [4.78, 5) is 107. The summed E-state index contributed by atoms with van der Waals surface area (Å²) in [6.45, 7) is 13.5. The molecular weight excluding hydrogens is 1980 g/mol. The first-order valence-electron chi connectivity index (χ1n) is 42.8. The topological polar surface area (TPSA) is 412 Å². The van der Waals surface area contributed by atoms with E-state index in [4.69, 9.17) is 55.9 Å². The van der Waals surface area contributed by atoms with Gasteiger partial charge >= 0.3 is 77.9 Å². The summed E-state index contributed by atoms with van der Waals surface area (Å²) in [6, 6.07) is 64.1. The number of aryl methyl sites for hydroxylation is 7. The molecule has 15 heterocycles. The minimum absolute atomic E-state index is 0. The van der Waals surface area contributed by atoms with Crippen molar-refractivity contribution in [2.24, 2.45) is 5.90 Å². The normalized spacial score (nSPS) is 10.9. The first-order chi connectivity index (χ1) is 68.5. The molecule has 146 heavy (non-hydrogen) atoms. The molecular formula is C102H85Cl3F9N20NaO11. The van der Waals surface area contributed by atoms with Crippen LogP contribution in [0.4, 0.5) is 79.7 Å². The number of hydrogen-bond acceptors (Lipinski definition) is 25. The van der Waals surface area contributed by atoms with Crippen LogP contribution < -0.4 is 57.1 Å². The summed E-state index contributed by atoms with van der Waals surface area (Å²) in [5.41, 5.74) is 21.0. The number of nitrogens with two attached hydrogens (primary N) is 2. The van der Waals surface area contributed by atoms with E-state index in [1.54, 1.807) is 36.6 Å². The number of carbonyl (C=O) groups is 5. The third kappa shape index (κ3) is 27.6. The number of benzene rings is 4. The molecule has 744 valence electrons. The summed E-state index contributed by atoms with van der Waals surface area (Å²) < 4.78 is 139. The number of alkyl halides is 9. The van der Waals surface area contributed by atoms with Crippen molar-refractivity contribution in [1.29, 1.82) is 0 Å². The molecule has 0 saturated carbocycles. The van der Waals surface area contributed by atoms with Gasteiger partial charge in [0.05, 0.1) is 140 Å². The quantitative estimate of drug-likeness (QED) is 0.0106. The van der Waals surface area contributed by atoms with Crippen molar-refractivity contribution in [3.8, 4) is 45.6 Å². The number of rotatable bonds is 15. The molecule has 0 aliphatic carbocycles. The number of carbonyl (C=O) groups excluding carboxylic acids is 4. The number of hydrogen-bond donors (Lipinski definition) is 6. The van der Waals surface area contributed by atoms with Gasteiger partial charge in [0.2, 0.25) is 0 Å². The predicted molar refractivity (Wildman–Crippen MR) is 529 cm³/mol. The molecule has 15 aromatic heterocycles. The molecule has 9 N–H and O–H groups in total.